The molecule has 0 aliphatic carbocycles. The predicted octanol–water partition coefficient (Wildman–Crippen LogP) is 2.99. The van der Waals surface area contributed by atoms with Gasteiger partial charge in [0.1, 0.15) is 5.60 Å². The van der Waals surface area contributed by atoms with Crippen LogP contribution < -0.4 is 10.6 Å². The van der Waals surface area contributed by atoms with E-state index in [0.717, 1.165) is 6.42 Å². The number of benzene rings is 1. The SMILES string of the molecule is CCC(CNCc1ccccc1[N+](=O)[O-])NC(=O)OC(C)(C)C. The number of rotatable bonds is 7. The van der Waals surface area contributed by atoms with Crippen LogP contribution in [0.3, 0.4) is 0 Å². The van der Waals surface area contributed by atoms with E-state index in [-0.39, 0.29) is 11.7 Å². The summed E-state index contributed by atoms with van der Waals surface area (Å²) < 4.78 is 5.22. The van der Waals surface area contributed by atoms with Gasteiger partial charge in [0.15, 0.2) is 0 Å². The van der Waals surface area contributed by atoms with Crippen LogP contribution in [0.5, 0.6) is 0 Å². The lowest BCUT2D eigenvalue weighted by Gasteiger charge is -2.23. The first-order valence-corrected chi connectivity index (χ1v) is 7.65. The molecule has 1 unspecified atom stereocenters. The van der Waals surface area contributed by atoms with E-state index in [0.29, 0.717) is 18.7 Å². The van der Waals surface area contributed by atoms with Gasteiger partial charge in [-0.3, -0.25) is 10.1 Å². The molecule has 1 rings (SSSR count). The third-order valence-electron chi connectivity index (χ3n) is 3.11. The van der Waals surface area contributed by atoms with Gasteiger partial charge in [0.25, 0.3) is 5.69 Å². The van der Waals surface area contributed by atoms with Gasteiger partial charge < -0.3 is 15.4 Å². The molecule has 0 radical (unpaired) electrons. The Morgan fingerprint density at radius 3 is 2.57 bits per heavy atom. The van der Waals surface area contributed by atoms with E-state index in [9.17, 15) is 14.9 Å². The van der Waals surface area contributed by atoms with E-state index < -0.39 is 16.6 Å². The number of carbonyl (C=O) groups excluding carboxylic acids is 1. The second-order valence-corrected chi connectivity index (χ2v) is 6.27. The van der Waals surface area contributed by atoms with Crippen molar-refractivity contribution in [3.8, 4) is 0 Å². The Balaban J connectivity index is 2.50. The maximum absolute atomic E-state index is 11.8. The highest BCUT2D eigenvalue weighted by molar-refractivity contribution is 5.68. The number of nitrogens with one attached hydrogen (secondary N) is 2. The Bertz CT molecular complexity index is 540. The number of nitro benzene ring substituents is 1. The van der Waals surface area contributed by atoms with Crippen molar-refractivity contribution < 1.29 is 14.5 Å². The second-order valence-electron chi connectivity index (χ2n) is 6.27. The Morgan fingerprint density at radius 1 is 1.35 bits per heavy atom. The van der Waals surface area contributed by atoms with E-state index >= 15 is 0 Å². The highest BCUT2D eigenvalue weighted by Crippen LogP contribution is 2.17. The number of nitro groups is 1. The molecule has 0 bridgehead atoms. The van der Waals surface area contributed by atoms with Crippen molar-refractivity contribution in [2.45, 2.75) is 52.3 Å². The number of hydrogen-bond donors (Lipinski definition) is 2. The molecule has 1 aromatic rings. The zero-order valence-corrected chi connectivity index (χ0v) is 14.1. The van der Waals surface area contributed by atoms with E-state index in [1.807, 2.05) is 6.92 Å². The van der Waals surface area contributed by atoms with Gasteiger partial charge in [-0.1, -0.05) is 25.1 Å². The first-order chi connectivity index (χ1) is 10.7. The van der Waals surface area contributed by atoms with Crippen molar-refractivity contribution in [3.63, 3.8) is 0 Å². The van der Waals surface area contributed by atoms with E-state index in [1.165, 1.54) is 6.07 Å². The zero-order chi connectivity index (χ0) is 17.5. The molecule has 0 fully saturated rings. The standard InChI is InChI=1S/C16H25N3O4/c1-5-13(18-15(20)23-16(2,3)4)11-17-10-12-8-6-7-9-14(12)19(21)22/h6-9,13,17H,5,10-11H2,1-4H3,(H,18,20). The van der Waals surface area contributed by atoms with Crippen LogP contribution in [-0.2, 0) is 11.3 Å². The highest BCUT2D eigenvalue weighted by Gasteiger charge is 2.19. The first kappa shape index (κ1) is 18.9. The van der Waals surface area contributed by atoms with Crippen molar-refractivity contribution in [1.82, 2.24) is 10.6 Å². The van der Waals surface area contributed by atoms with Crippen LogP contribution in [0.4, 0.5) is 10.5 Å². The Hall–Kier alpha value is -2.15. The van der Waals surface area contributed by atoms with Crippen LogP contribution in [0.15, 0.2) is 24.3 Å². The quantitative estimate of drug-likeness (QED) is 0.594. The number of ether oxygens (including phenoxy) is 1. The van der Waals surface area contributed by atoms with E-state index in [4.69, 9.17) is 4.74 Å². The van der Waals surface area contributed by atoms with Crippen molar-refractivity contribution in [3.05, 3.63) is 39.9 Å². The van der Waals surface area contributed by atoms with E-state index in [1.54, 1.807) is 39.0 Å². The van der Waals surface area contributed by atoms with Crippen LogP contribution in [0.25, 0.3) is 0 Å². The number of hydrogen-bond acceptors (Lipinski definition) is 5. The summed E-state index contributed by atoms with van der Waals surface area (Å²) in [5.41, 5.74) is 0.165. The van der Waals surface area contributed by atoms with Crippen molar-refractivity contribution >= 4 is 11.8 Å². The van der Waals surface area contributed by atoms with Gasteiger partial charge in [0.2, 0.25) is 0 Å². The molecule has 0 aromatic heterocycles. The molecule has 0 heterocycles. The van der Waals surface area contributed by atoms with Crippen LogP contribution in [0, 0.1) is 10.1 Å². The Labute approximate surface area is 136 Å². The molecule has 0 saturated carbocycles. The minimum absolute atomic E-state index is 0.0909. The molecule has 1 aromatic carbocycles. The minimum atomic E-state index is -0.541. The fourth-order valence-corrected chi connectivity index (χ4v) is 1.99. The number of para-hydroxylation sites is 1. The summed E-state index contributed by atoms with van der Waals surface area (Å²) in [6.07, 6.45) is 0.264. The highest BCUT2D eigenvalue weighted by atomic mass is 16.6. The van der Waals surface area contributed by atoms with E-state index in [2.05, 4.69) is 10.6 Å². The summed E-state index contributed by atoms with van der Waals surface area (Å²) in [6.45, 7) is 8.24. The van der Waals surface area contributed by atoms with Crippen LogP contribution in [-0.4, -0.2) is 29.2 Å². The molecule has 128 valence electrons. The molecule has 7 heteroatoms. The summed E-state index contributed by atoms with van der Waals surface area (Å²) in [7, 11) is 0. The molecule has 1 amide bonds. The molecular formula is C16H25N3O4. The number of alkyl carbamates (subject to hydrolysis) is 1. The molecule has 0 aliphatic heterocycles. The summed E-state index contributed by atoms with van der Waals surface area (Å²) >= 11 is 0. The third-order valence-corrected chi connectivity index (χ3v) is 3.11. The molecule has 0 saturated heterocycles. The smallest absolute Gasteiger partial charge is 0.407 e. The zero-order valence-electron chi connectivity index (χ0n) is 14.1. The van der Waals surface area contributed by atoms with Gasteiger partial charge in [-0.2, -0.15) is 0 Å². The topological polar surface area (TPSA) is 93.5 Å². The fraction of sp³-hybridized carbons (Fsp3) is 0.562. The molecule has 7 nitrogen and oxygen atoms in total. The summed E-state index contributed by atoms with van der Waals surface area (Å²) in [4.78, 5) is 22.3. The van der Waals surface area contributed by atoms with Gasteiger partial charge in [-0.15, -0.1) is 0 Å². The molecule has 1 atom stereocenters. The maximum atomic E-state index is 11.8. The van der Waals surface area contributed by atoms with Crippen molar-refractivity contribution in [2.24, 2.45) is 0 Å². The Morgan fingerprint density at radius 2 is 2.00 bits per heavy atom. The number of nitrogens with zero attached hydrogens (tertiary/aromatic N) is 1. The number of amides is 1. The minimum Gasteiger partial charge on any atom is -0.444 e. The molecular weight excluding hydrogens is 298 g/mol. The van der Waals surface area contributed by atoms with Crippen LogP contribution in [0.1, 0.15) is 39.7 Å². The normalized spacial score (nSPS) is 12.5. The third kappa shape index (κ3) is 7.10. The lowest BCUT2D eigenvalue weighted by atomic mass is 10.1. The van der Waals surface area contributed by atoms with Crippen molar-refractivity contribution in [2.75, 3.05) is 6.54 Å². The predicted molar refractivity (Wildman–Crippen MR) is 88.3 cm³/mol. The average molecular weight is 323 g/mol. The average Bonchev–Trinajstić information content (AvgIpc) is 2.44. The second kappa shape index (κ2) is 8.47. The summed E-state index contributed by atoms with van der Waals surface area (Å²) in [5, 5.41) is 16.9. The van der Waals surface area contributed by atoms with Crippen LogP contribution >= 0.6 is 0 Å². The van der Waals surface area contributed by atoms with Crippen molar-refractivity contribution in [1.29, 1.82) is 0 Å². The molecule has 0 spiro atoms. The fourth-order valence-electron chi connectivity index (χ4n) is 1.99. The van der Waals surface area contributed by atoms with Gasteiger partial charge in [-0.05, 0) is 27.2 Å². The maximum Gasteiger partial charge on any atom is 0.407 e. The first-order valence-electron chi connectivity index (χ1n) is 7.65. The molecule has 2 N–H and O–H groups in total. The molecule has 23 heavy (non-hydrogen) atoms. The van der Waals surface area contributed by atoms with Gasteiger partial charge in [0.05, 0.1) is 4.92 Å². The monoisotopic (exact) mass is 323 g/mol. The lowest BCUT2D eigenvalue weighted by molar-refractivity contribution is -0.385. The Kier molecular flexibility index (Phi) is 6.96. The number of carbonyl (C=O) groups is 1. The van der Waals surface area contributed by atoms with Gasteiger partial charge in [0, 0.05) is 30.8 Å². The van der Waals surface area contributed by atoms with Gasteiger partial charge in [-0.25, -0.2) is 4.79 Å². The van der Waals surface area contributed by atoms with Crippen LogP contribution in [0.2, 0.25) is 0 Å². The van der Waals surface area contributed by atoms with Gasteiger partial charge >= 0.3 is 6.09 Å². The summed E-state index contributed by atoms with van der Waals surface area (Å²) in [5.74, 6) is 0. The largest absolute Gasteiger partial charge is 0.444 e. The lowest BCUT2D eigenvalue weighted by Crippen LogP contribution is -2.43. The molecule has 0 aliphatic rings. The summed E-state index contributed by atoms with van der Waals surface area (Å²) in [6, 6.07) is 6.49.